The highest BCUT2D eigenvalue weighted by molar-refractivity contribution is 7.80. The number of alkyl halides is 2. The molecule has 1 saturated heterocycles. The number of halogens is 2. The van der Waals surface area contributed by atoms with Gasteiger partial charge in [0.05, 0.1) is 6.04 Å². The summed E-state index contributed by atoms with van der Waals surface area (Å²) in [6, 6.07) is 5.72. The van der Waals surface area contributed by atoms with Gasteiger partial charge in [-0.05, 0) is 32.1 Å². The Labute approximate surface area is 151 Å². The Kier molecular flexibility index (Phi) is 6.30. The van der Waals surface area contributed by atoms with Crippen molar-refractivity contribution in [2.75, 3.05) is 13.1 Å². The molecule has 0 aromatic heterocycles. The van der Waals surface area contributed by atoms with E-state index in [1.807, 2.05) is 13.8 Å². The maximum Gasteiger partial charge on any atom is 0.387 e. The molecule has 1 heterocycles. The molecule has 0 radical (unpaired) electrons. The van der Waals surface area contributed by atoms with Crippen LogP contribution >= 0.6 is 12.2 Å². The molecule has 1 aromatic rings. The number of thiocarbonyl (C=S) groups is 1. The van der Waals surface area contributed by atoms with Gasteiger partial charge in [-0.15, -0.1) is 0 Å². The minimum absolute atomic E-state index is 0.00449. The number of para-hydroxylation sites is 1. The number of nitrogens with zero attached hydrogens (tertiary/aromatic N) is 1. The zero-order valence-electron chi connectivity index (χ0n) is 14.1. The topological polar surface area (TPSA) is 53.6 Å². The molecule has 1 aliphatic rings. The van der Waals surface area contributed by atoms with E-state index in [9.17, 15) is 13.6 Å². The zero-order valence-corrected chi connectivity index (χ0v) is 14.9. The lowest BCUT2D eigenvalue weighted by atomic mass is 9.87. The molecule has 25 heavy (non-hydrogen) atoms. The predicted octanol–water partition coefficient (Wildman–Crippen LogP) is 2.81. The normalized spacial score (nSPS) is 20.0. The standard InChI is InChI=1S/C17H21F2N3O2S/c1-4-22(5-2)15(23)13-10(3)20-17(25)21-14(13)11-8-6-7-9-12(11)24-16(18)19/h6-9,13-14,16H,3-5H2,1-2H3,(H2,20,21,25)/t13-,14-/m0/s1. The molecule has 2 atom stereocenters. The molecule has 0 bridgehead atoms. The summed E-state index contributed by atoms with van der Waals surface area (Å²) in [7, 11) is 0. The van der Waals surface area contributed by atoms with Crippen LogP contribution in [-0.4, -0.2) is 35.6 Å². The number of benzene rings is 1. The second kappa shape index (κ2) is 8.24. The Hall–Kier alpha value is -2.22. The average Bonchev–Trinajstić information content (AvgIpc) is 2.55. The number of carbonyl (C=O) groups excluding carboxylic acids is 1. The highest BCUT2D eigenvalue weighted by Gasteiger charge is 2.39. The fourth-order valence-corrected chi connectivity index (χ4v) is 3.17. The van der Waals surface area contributed by atoms with Crippen LogP contribution < -0.4 is 15.4 Å². The minimum atomic E-state index is -2.96. The zero-order chi connectivity index (χ0) is 18.6. The van der Waals surface area contributed by atoms with Crippen molar-refractivity contribution in [1.82, 2.24) is 15.5 Å². The van der Waals surface area contributed by atoms with E-state index in [1.54, 1.807) is 23.1 Å². The van der Waals surface area contributed by atoms with Crippen molar-refractivity contribution in [1.29, 1.82) is 0 Å². The number of carbonyl (C=O) groups is 1. The molecular formula is C17H21F2N3O2S. The molecule has 5 nitrogen and oxygen atoms in total. The van der Waals surface area contributed by atoms with Crippen LogP contribution in [0.15, 0.2) is 36.5 Å². The molecule has 1 amide bonds. The van der Waals surface area contributed by atoms with E-state index >= 15 is 0 Å². The van der Waals surface area contributed by atoms with Gasteiger partial charge in [-0.1, -0.05) is 24.8 Å². The Bertz CT molecular complexity index is 665. The van der Waals surface area contributed by atoms with Crippen LogP contribution in [0.3, 0.4) is 0 Å². The van der Waals surface area contributed by atoms with Crippen LogP contribution in [0.5, 0.6) is 5.75 Å². The molecule has 8 heteroatoms. The van der Waals surface area contributed by atoms with Crippen molar-refractivity contribution in [2.24, 2.45) is 5.92 Å². The molecule has 2 N–H and O–H groups in total. The van der Waals surface area contributed by atoms with Crippen molar-refractivity contribution in [3.63, 3.8) is 0 Å². The summed E-state index contributed by atoms with van der Waals surface area (Å²) in [5, 5.41) is 6.14. The van der Waals surface area contributed by atoms with Crippen molar-refractivity contribution in [3.05, 3.63) is 42.1 Å². The van der Waals surface area contributed by atoms with E-state index in [2.05, 4.69) is 21.9 Å². The third-order valence-electron chi connectivity index (χ3n) is 4.08. The van der Waals surface area contributed by atoms with Crippen LogP contribution in [0.4, 0.5) is 8.78 Å². The largest absolute Gasteiger partial charge is 0.434 e. The maximum absolute atomic E-state index is 12.9. The number of hydrogen-bond acceptors (Lipinski definition) is 3. The Morgan fingerprint density at radius 3 is 2.60 bits per heavy atom. The minimum Gasteiger partial charge on any atom is -0.434 e. The molecular weight excluding hydrogens is 348 g/mol. The monoisotopic (exact) mass is 369 g/mol. The third kappa shape index (κ3) is 4.25. The predicted molar refractivity (Wildman–Crippen MR) is 95.2 cm³/mol. The molecule has 0 saturated carbocycles. The summed E-state index contributed by atoms with van der Waals surface area (Å²) in [6.45, 7) is 5.77. The van der Waals surface area contributed by atoms with Crippen molar-refractivity contribution in [2.45, 2.75) is 26.5 Å². The summed E-state index contributed by atoms with van der Waals surface area (Å²) in [5.74, 6) is -0.854. The van der Waals surface area contributed by atoms with E-state index in [4.69, 9.17) is 12.2 Å². The van der Waals surface area contributed by atoms with Gasteiger partial charge >= 0.3 is 6.61 Å². The van der Waals surface area contributed by atoms with E-state index in [0.717, 1.165) is 0 Å². The van der Waals surface area contributed by atoms with Gasteiger partial charge in [0, 0.05) is 24.4 Å². The number of ether oxygens (including phenoxy) is 1. The molecule has 136 valence electrons. The summed E-state index contributed by atoms with van der Waals surface area (Å²) < 4.78 is 30.1. The number of hydrogen-bond donors (Lipinski definition) is 2. The van der Waals surface area contributed by atoms with Crippen LogP contribution in [-0.2, 0) is 4.79 Å². The number of nitrogens with one attached hydrogen (secondary N) is 2. The average molecular weight is 369 g/mol. The Morgan fingerprint density at radius 2 is 2.00 bits per heavy atom. The highest BCUT2D eigenvalue weighted by atomic mass is 32.1. The van der Waals surface area contributed by atoms with E-state index in [1.165, 1.54) is 6.07 Å². The van der Waals surface area contributed by atoms with Crippen LogP contribution in [0, 0.1) is 5.92 Å². The van der Waals surface area contributed by atoms with Gasteiger partial charge in [0.2, 0.25) is 5.91 Å². The SMILES string of the molecule is C=C1NC(=S)N[C@@H](c2ccccc2OC(F)F)[C@H]1C(=O)N(CC)CC. The van der Waals surface area contributed by atoms with E-state index < -0.39 is 18.6 Å². The van der Waals surface area contributed by atoms with Gasteiger partial charge < -0.3 is 20.3 Å². The number of rotatable bonds is 6. The van der Waals surface area contributed by atoms with Crippen LogP contribution in [0.1, 0.15) is 25.5 Å². The molecule has 1 fully saturated rings. The summed E-state index contributed by atoms with van der Waals surface area (Å²) in [6.07, 6.45) is 0. The molecule has 0 unspecified atom stereocenters. The first-order valence-corrected chi connectivity index (χ1v) is 8.38. The van der Waals surface area contributed by atoms with Gasteiger partial charge in [0.25, 0.3) is 0 Å². The highest BCUT2D eigenvalue weighted by Crippen LogP contribution is 2.36. The molecule has 2 rings (SSSR count). The fourth-order valence-electron chi connectivity index (χ4n) is 2.91. The summed E-state index contributed by atoms with van der Waals surface area (Å²) in [4.78, 5) is 14.6. The summed E-state index contributed by atoms with van der Waals surface area (Å²) >= 11 is 5.16. The van der Waals surface area contributed by atoms with Crippen molar-refractivity contribution in [3.8, 4) is 5.75 Å². The van der Waals surface area contributed by atoms with Crippen molar-refractivity contribution >= 4 is 23.2 Å². The smallest absolute Gasteiger partial charge is 0.387 e. The first-order valence-electron chi connectivity index (χ1n) is 7.97. The lowest BCUT2D eigenvalue weighted by Gasteiger charge is -2.38. The molecule has 0 spiro atoms. The van der Waals surface area contributed by atoms with Gasteiger partial charge in [-0.2, -0.15) is 8.78 Å². The van der Waals surface area contributed by atoms with Crippen LogP contribution in [0.25, 0.3) is 0 Å². The van der Waals surface area contributed by atoms with Crippen molar-refractivity contribution < 1.29 is 18.3 Å². The fraction of sp³-hybridized carbons (Fsp3) is 0.412. The number of amides is 1. The van der Waals surface area contributed by atoms with Gasteiger partial charge in [-0.25, -0.2) is 0 Å². The third-order valence-corrected chi connectivity index (χ3v) is 4.30. The second-order valence-electron chi connectivity index (χ2n) is 5.51. The molecule has 1 aromatic carbocycles. The maximum atomic E-state index is 12.9. The van der Waals surface area contributed by atoms with Crippen LogP contribution in [0.2, 0.25) is 0 Å². The quantitative estimate of drug-likeness (QED) is 0.756. The lowest BCUT2D eigenvalue weighted by molar-refractivity contribution is -0.135. The van der Waals surface area contributed by atoms with E-state index in [-0.39, 0.29) is 16.8 Å². The Morgan fingerprint density at radius 1 is 1.36 bits per heavy atom. The first kappa shape index (κ1) is 19.1. The first-order chi connectivity index (χ1) is 11.9. The van der Waals surface area contributed by atoms with E-state index in [0.29, 0.717) is 24.4 Å². The lowest BCUT2D eigenvalue weighted by Crippen LogP contribution is -2.53. The Balaban J connectivity index is 2.46. The second-order valence-corrected chi connectivity index (χ2v) is 5.91. The van der Waals surface area contributed by atoms with Gasteiger partial charge in [0.15, 0.2) is 5.11 Å². The molecule has 1 aliphatic heterocycles. The van der Waals surface area contributed by atoms with Gasteiger partial charge in [-0.3, -0.25) is 4.79 Å². The molecule has 0 aliphatic carbocycles. The summed E-state index contributed by atoms with van der Waals surface area (Å²) in [5.41, 5.74) is 0.857. The van der Waals surface area contributed by atoms with Gasteiger partial charge in [0.1, 0.15) is 11.7 Å².